The third-order valence-corrected chi connectivity index (χ3v) is 2.15. The van der Waals surface area contributed by atoms with Gasteiger partial charge in [-0.05, 0) is 12.1 Å². The molecule has 0 heterocycles. The second-order valence-electron chi connectivity index (χ2n) is 3.36. The summed E-state index contributed by atoms with van der Waals surface area (Å²) in [5, 5.41) is 11.9. The number of nitrogens with zero attached hydrogens (tertiary/aromatic N) is 1. The molecule has 0 bridgehead atoms. The fourth-order valence-electron chi connectivity index (χ4n) is 1.37. The van der Waals surface area contributed by atoms with Crippen LogP contribution in [0.5, 0.6) is 17.2 Å². The number of oxime groups is 1. The Balaban J connectivity index is 2.93. The molecule has 0 aliphatic heterocycles. The van der Waals surface area contributed by atoms with Crippen molar-refractivity contribution in [2.45, 2.75) is 0 Å². The molecule has 0 saturated carbocycles. The van der Waals surface area contributed by atoms with Crippen LogP contribution < -0.4 is 14.2 Å². The van der Waals surface area contributed by atoms with E-state index >= 15 is 0 Å². The summed E-state index contributed by atoms with van der Waals surface area (Å²) >= 11 is 0. The number of benzene rings is 1. The lowest BCUT2D eigenvalue weighted by Gasteiger charge is -2.12. The Labute approximate surface area is 110 Å². The number of carboxylic acids is 1. The first-order valence-electron chi connectivity index (χ1n) is 5.29. The van der Waals surface area contributed by atoms with Gasteiger partial charge in [0.25, 0.3) is 0 Å². The smallest absolute Gasteiger partial charge is 0.344 e. The van der Waals surface area contributed by atoms with Crippen LogP contribution in [0.2, 0.25) is 0 Å². The topological polar surface area (TPSA) is 86.6 Å². The molecule has 104 valence electrons. The number of ether oxygens (including phenoxy) is 3. The number of hydrogen-bond acceptors (Lipinski definition) is 6. The van der Waals surface area contributed by atoms with Crippen LogP contribution in [-0.2, 0) is 9.63 Å². The Morgan fingerprint density at radius 2 is 1.79 bits per heavy atom. The van der Waals surface area contributed by atoms with Gasteiger partial charge in [0.2, 0.25) is 12.4 Å². The Morgan fingerprint density at radius 1 is 1.21 bits per heavy atom. The molecule has 1 N–H and O–H groups in total. The third-order valence-electron chi connectivity index (χ3n) is 2.15. The lowest BCUT2D eigenvalue weighted by Crippen LogP contribution is -2.03. The Bertz CT molecular complexity index is 446. The van der Waals surface area contributed by atoms with E-state index < -0.39 is 12.6 Å². The standard InChI is InChI=1S/C12H15NO6/c1-16-9-4-8(6-13-19-7-11(14)15)5-10(17-2)12(9)18-3/h4-6H,7H2,1-3H3,(H,14,15)/b13-6-. The zero-order chi connectivity index (χ0) is 14.3. The first kappa shape index (κ1) is 14.6. The molecule has 0 spiro atoms. The zero-order valence-corrected chi connectivity index (χ0v) is 10.9. The average molecular weight is 269 g/mol. The fraction of sp³-hybridized carbons (Fsp3) is 0.333. The second-order valence-corrected chi connectivity index (χ2v) is 3.36. The highest BCUT2D eigenvalue weighted by molar-refractivity contribution is 5.82. The van der Waals surface area contributed by atoms with Gasteiger partial charge < -0.3 is 24.2 Å². The highest BCUT2D eigenvalue weighted by Gasteiger charge is 2.12. The van der Waals surface area contributed by atoms with E-state index in [2.05, 4.69) is 9.99 Å². The highest BCUT2D eigenvalue weighted by Crippen LogP contribution is 2.37. The largest absolute Gasteiger partial charge is 0.493 e. The molecule has 19 heavy (non-hydrogen) atoms. The molecule has 0 amide bonds. The van der Waals surface area contributed by atoms with Crippen LogP contribution in [0, 0.1) is 0 Å². The fourth-order valence-corrected chi connectivity index (χ4v) is 1.37. The zero-order valence-electron chi connectivity index (χ0n) is 10.9. The van der Waals surface area contributed by atoms with Gasteiger partial charge in [-0.2, -0.15) is 0 Å². The molecule has 0 aliphatic carbocycles. The van der Waals surface area contributed by atoms with Crippen LogP contribution in [0.1, 0.15) is 5.56 Å². The van der Waals surface area contributed by atoms with E-state index in [1.165, 1.54) is 27.5 Å². The van der Waals surface area contributed by atoms with Crippen LogP contribution in [0.25, 0.3) is 0 Å². The molecule has 0 unspecified atom stereocenters. The first-order valence-corrected chi connectivity index (χ1v) is 5.29. The number of carboxylic acid groups (broad SMARTS) is 1. The van der Waals surface area contributed by atoms with Crippen LogP contribution in [0.3, 0.4) is 0 Å². The van der Waals surface area contributed by atoms with E-state index in [0.717, 1.165) is 0 Å². The highest BCUT2D eigenvalue weighted by atomic mass is 16.6. The van der Waals surface area contributed by atoms with E-state index in [-0.39, 0.29) is 0 Å². The van der Waals surface area contributed by atoms with E-state index in [1.54, 1.807) is 12.1 Å². The van der Waals surface area contributed by atoms with Gasteiger partial charge in [0.1, 0.15) is 0 Å². The molecule has 0 aromatic heterocycles. The number of hydrogen-bond donors (Lipinski definition) is 1. The predicted molar refractivity (Wildman–Crippen MR) is 67.3 cm³/mol. The number of aliphatic carboxylic acids is 1. The maximum Gasteiger partial charge on any atom is 0.344 e. The molecular weight excluding hydrogens is 254 g/mol. The summed E-state index contributed by atoms with van der Waals surface area (Å²) in [5.74, 6) is 0.318. The van der Waals surface area contributed by atoms with E-state index in [4.69, 9.17) is 19.3 Å². The molecule has 7 nitrogen and oxygen atoms in total. The summed E-state index contributed by atoms with van der Waals surface area (Å²) in [6.45, 7) is -0.499. The normalized spacial score (nSPS) is 10.3. The summed E-state index contributed by atoms with van der Waals surface area (Å²) in [4.78, 5) is 14.8. The van der Waals surface area contributed by atoms with Crippen molar-refractivity contribution in [3.63, 3.8) is 0 Å². The van der Waals surface area contributed by atoms with Gasteiger partial charge in [0.15, 0.2) is 11.5 Å². The molecule has 1 rings (SSSR count). The van der Waals surface area contributed by atoms with Gasteiger partial charge in [-0.3, -0.25) is 0 Å². The van der Waals surface area contributed by atoms with E-state index in [0.29, 0.717) is 22.8 Å². The Kier molecular flexibility index (Phi) is 5.46. The monoisotopic (exact) mass is 269 g/mol. The SMILES string of the molecule is COc1cc(/C=N\OCC(=O)O)cc(OC)c1OC. The molecule has 1 aromatic rings. The van der Waals surface area contributed by atoms with Crippen molar-refractivity contribution in [2.24, 2.45) is 5.16 Å². The van der Waals surface area contributed by atoms with E-state index in [9.17, 15) is 4.79 Å². The van der Waals surface area contributed by atoms with Crippen molar-refractivity contribution in [3.8, 4) is 17.2 Å². The van der Waals surface area contributed by atoms with Gasteiger partial charge in [-0.1, -0.05) is 5.16 Å². The van der Waals surface area contributed by atoms with E-state index in [1.807, 2.05) is 0 Å². The minimum absolute atomic E-state index is 0.466. The molecule has 0 atom stereocenters. The maximum absolute atomic E-state index is 10.2. The molecule has 0 saturated heterocycles. The molecule has 7 heteroatoms. The minimum atomic E-state index is -1.10. The van der Waals surface area contributed by atoms with Gasteiger partial charge in [0, 0.05) is 5.56 Å². The lowest BCUT2D eigenvalue weighted by molar-refractivity contribution is -0.142. The van der Waals surface area contributed by atoms with Crippen molar-refractivity contribution >= 4 is 12.2 Å². The molecular formula is C12H15NO6. The Morgan fingerprint density at radius 3 is 2.21 bits per heavy atom. The quantitative estimate of drug-likeness (QED) is 0.590. The maximum atomic E-state index is 10.2. The number of carbonyl (C=O) groups is 1. The third kappa shape index (κ3) is 4.06. The van der Waals surface area contributed by atoms with Crippen LogP contribution >= 0.6 is 0 Å². The molecule has 0 aliphatic rings. The summed E-state index contributed by atoms with van der Waals surface area (Å²) in [6, 6.07) is 3.32. The molecule has 0 radical (unpaired) electrons. The predicted octanol–water partition coefficient (Wildman–Crippen LogP) is 1.15. The van der Waals surface area contributed by atoms with Gasteiger partial charge in [-0.15, -0.1) is 0 Å². The molecule has 1 aromatic carbocycles. The minimum Gasteiger partial charge on any atom is -0.493 e. The van der Waals surface area contributed by atoms with Crippen molar-refractivity contribution in [2.75, 3.05) is 27.9 Å². The van der Waals surface area contributed by atoms with Crippen LogP contribution in [-0.4, -0.2) is 45.2 Å². The second kappa shape index (κ2) is 7.10. The first-order chi connectivity index (χ1) is 9.12. The lowest BCUT2D eigenvalue weighted by atomic mass is 10.2. The van der Waals surface area contributed by atoms with Crippen molar-refractivity contribution in [1.29, 1.82) is 0 Å². The summed E-state index contributed by atoms with van der Waals surface area (Å²) in [5.41, 5.74) is 0.625. The Hall–Kier alpha value is -2.44. The molecule has 0 fully saturated rings. The van der Waals surface area contributed by atoms with Gasteiger partial charge in [0.05, 0.1) is 27.5 Å². The van der Waals surface area contributed by atoms with Gasteiger partial charge >= 0.3 is 5.97 Å². The number of methoxy groups -OCH3 is 3. The average Bonchev–Trinajstić information content (AvgIpc) is 2.42. The number of rotatable bonds is 7. The van der Waals surface area contributed by atoms with Crippen molar-refractivity contribution in [1.82, 2.24) is 0 Å². The van der Waals surface area contributed by atoms with Crippen LogP contribution in [0.15, 0.2) is 17.3 Å². The summed E-state index contributed by atoms with van der Waals surface area (Å²) in [6.07, 6.45) is 1.35. The van der Waals surface area contributed by atoms with Crippen LogP contribution in [0.4, 0.5) is 0 Å². The van der Waals surface area contributed by atoms with Crippen molar-refractivity contribution in [3.05, 3.63) is 17.7 Å². The van der Waals surface area contributed by atoms with Crippen molar-refractivity contribution < 1.29 is 28.9 Å². The van der Waals surface area contributed by atoms with Gasteiger partial charge in [-0.25, -0.2) is 4.79 Å². The summed E-state index contributed by atoms with van der Waals surface area (Å²) < 4.78 is 15.5. The summed E-state index contributed by atoms with van der Waals surface area (Å²) in [7, 11) is 4.50.